The second kappa shape index (κ2) is 7.12. The second-order valence-electron chi connectivity index (χ2n) is 3.20. The maximum absolute atomic E-state index is 11.6. The van der Waals surface area contributed by atoms with E-state index in [1.165, 1.54) is 11.3 Å². The molecular formula is C10H13Cl2NO2S. The number of carbonyl (C=O) groups is 1. The first-order valence-electron chi connectivity index (χ1n) is 4.80. The third-order valence-corrected chi connectivity index (χ3v) is 3.46. The summed E-state index contributed by atoms with van der Waals surface area (Å²) >= 11 is 12.9. The van der Waals surface area contributed by atoms with Gasteiger partial charge in [0, 0.05) is 13.7 Å². The molecule has 1 unspecified atom stereocenters. The number of amides is 1. The number of alkyl halides is 1. The van der Waals surface area contributed by atoms with Gasteiger partial charge in [0.2, 0.25) is 0 Å². The first kappa shape index (κ1) is 13.8. The molecule has 90 valence electrons. The number of hydrogen-bond donors (Lipinski definition) is 1. The molecule has 1 amide bonds. The zero-order valence-corrected chi connectivity index (χ0v) is 11.2. The Hall–Kier alpha value is -0.290. The zero-order valence-electron chi connectivity index (χ0n) is 8.83. The third kappa shape index (κ3) is 4.70. The molecule has 1 heterocycles. The molecule has 0 aliphatic carbocycles. The minimum atomic E-state index is -0.113. The number of rotatable bonds is 6. The lowest BCUT2D eigenvalue weighted by Gasteiger charge is -2.08. The fourth-order valence-electron chi connectivity index (χ4n) is 1.13. The molecule has 16 heavy (non-hydrogen) atoms. The average molecular weight is 282 g/mol. The Labute approximate surface area is 109 Å². The maximum atomic E-state index is 11.6. The van der Waals surface area contributed by atoms with E-state index in [1.54, 1.807) is 19.2 Å². The highest BCUT2D eigenvalue weighted by Gasteiger charge is 2.09. The fraction of sp³-hybridized carbons (Fsp3) is 0.500. The van der Waals surface area contributed by atoms with Crippen LogP contribution < -0.4 is 5.32 Å². The number of nitrogens with one attached hydrogen (secondary N) is 1. The van der Waals surface area contributed by atoms with E-state index in [1.807, 2.05) is 0 Å². The first-order chi connectivity index (χ1) is 7.63. The van der Waals surface area contributed by atoms with Gasteiger partial charge in [-0.05, 0) is 18.6 Å². The van der Waals surface area contributed by atoms with Gasteiger partial charge in [0.25, 0.3) is 5.91 Å². The van der Waals surface area contributed by atoms with Crippen molar-refractivity contribution in [2.24, 2.45) is 0 Å². The van der Waals surface area contributed by atoms with Crippen molar-refractivity contribution in [1.82, 2.24) is 5.32 Å². The van der Waals surface area contributed by atoms with Crippen molar-refractivity contribution in [3.05, 3.63) is 21.3 Å². The molecule has 0 saturated heterocycles. The molecular weight excluding hydrogens is 269 g/mol. The largest absolute Gasteiger partial charge is 0.383 e. The van der Waals surface area contributed by atoms with Gasteiger partial charge in [-0.25, -0.2) is 0 Å². The fourth-order valence-corrected chi connectivity index (χ4v) is 2.32. The van der Waals surface area contributed by atoms with Gasteiger partial charge in [-0.15, -0.1) is 22.9 Å². The highest BCUT2D eigenvalue weighted by Crippen LogP contribution is 2.21. The summed E-state index contributed by atoms with van der Waals surface area (Å²) in [6.07, 6.45) is 0.681. The number of hydrogen-bond acceptors (Lipinski definition) is 3. The molecule has 0 aliphatic heterocycles. The Kier molecular flexibility index (Phi) is 6.13. The van der Waals surface area contributed by atoms with E-state index < -0.39 is 0 Å². The van der Waals surface area contributed by atoms with Crippen molar-refractivity contribution in [2.45, 2.75) is 11.8 Å². The van der Waals surface area contributed by atoms with Crippen LogP contribution in [0.1, 0.15) is 16.1 Å². The van der Waals surface area contributed by atoms with Crippen molar-refractivity contribution in [3.8, 4) is 0 Å². The molecule has 3 nitrogen and oxygen atoms in total. The molecule has 0 bridgehead atoms. The van der Waals surface area contributed by atoms with Crippen LogP contribution in [0.2, 0.25) is 4.34 Å². The summed E-state index contributed by atoms with van der Waals surface area (Å²) in [6, 6.07) is 3.41. The van der Waals surface area contributed by atoms with Crippen molar-refractivity contribution in [1.29, 1.82) is 0 Å². The van der Waals surface area contributed by atoms with E-state index in [4.69, 9.17) is 27.9 Å². The minimum Gasteiger partial charge on any atom is -0.383 e. The van der Waals surface area contributed by atoms with E-state index in [0.717, 1.165) is 0 Å². The van der Waals surface area contributed by atoms with Crippen molar-refractivity contribution in [2.75, 3.05) is 20.3 Å². The van der Waals surface area contributed by atoms with Crippen LogP contribution in [0.15, 0.2) is 12.1 Å². The van der Waals surface area contributed by atoms with E-state index >= 15 is 0 Å². The van der Waals surface area contributed by atoms with Crippen LogP contribution in [-0.4, -0.2) is 31.5 Å². The Balaban J connectivity index is 2.25. The Morgan fingerprint density at radius 1 is 1.62 bits per heavy atom. The second-order valence-corrected chi connectivity index (χ2v) is 5.53. The molecule has 0 radical (unpaired) electrons. The number of methoxy groups -OCH3 is 1. The van der Waals surface area contributed by atoms with E-state index in [2.05, 4.69) is 5.32 Å². The minimum absolute atomic E-state index is 0.0720. The summed E-state index contributed by atoms with van der Waals surface area (Å²) in [5, 5.41) is 2.70. The highest BCUT2D eigenvalue weighted by molar-refractivity contribution is 7.17. The summed E-state index contributed by atoms with van der Waals surface area (Å²) in [5.41, 5.74) is 0. The van der Waals surface area contributed by atoms with E-state index in [9.17, 15) is 4.79 Å². The molecule has 1 aromatic heterocycles. The normalized spacial score (nSPS) is 12.4. The topological polar surface area (TPSA) is 38.3 Å². The Bertz CT molecular complexity index is 343. The number of thiophene rings is 1. The molecule has 0 fully saturated rings. The van der Waals surface area contributed by atoms with Gasteiger partial charge in [0.1, 0.15) is 0 Å². The summed E-state index contributed by atoms with van der Waals surface area (Å²) in [7, 11) is 1.60. The molecule has 1 atom stereocenters. The smallest absolute Gasteiger partial charge is 0.261 e. The van der Waals surface area contributed by atoms with E-state index in [0.29, 0.717) is 28.8 Å². The maximum Gasteiger partial charge on any atom is 0.261 e. The summed E-state index contributed by atoms with van der Waals surface area (Å²) in [6.45, 7) is 1.02. The quantitative estimate of drug-likeness (QED) is 0.815. The highest BCUT2D eigenvalue weighted by atomic mass is 35.5. The Morgan fingerprint density at radius 2 is 2.38 bits per heavy atom. The van der Waals surface area contributed by atoms with Gasteiger partial charge in [-0.1, -0.05) is 11.6 Å². The molecule has 0 saturated carbocycles. The molecule has 6 heteroatoms. The molecule has 0 aromatic carbocycles. The standard InChI is InChI=1S/C10H13Cl2NO2S/c1-15-6-7(11)4-5-13-10(14)8-2-3-9(12)16-8/h2-3,7H,4-6H2,1H3,(H,13,14). The molecule has 0 spiro atoms. The molecule has 0 aliphatic rings. The lowest BCUT2D eigenvalue weighted by atomic mass is 10.3. The molecule has 1 N–H and O–H groups in total. The number of carbonyl (C=O) groups excluding carboxylic acids is 1. The molecule has 1 aromatic rings. The van der Waals surface area contributed by atoms with Gasteiger partial charge in [-0.3, -0.25) is 4.79 Å². The van der Waals surface area contributed by atoms with Crippen molar-refractivity contribution in [3.63, 3.8) is 0 Å². The van der Waals surface area contributed by atoms with Crippen LogP contribution in [0, 0.1) is 0 Å². The zero-order chi connectivity index (χ0) is 12.0. The third-order valence-electron chi connectivity index (χ3n) is 1.89. The predicted molar refractivity (Wildman–Crippen MR) is 67.8 cm³/mol. The summed E-state index contributed by atoms with van der Waals surface area (Å²) in [5.74, 6) is -0.113. The van der Waals surface area contributed by atoms with Crippen LogP contribution in [-0.2, 0) is 4.74 Å². The van der Waals surface area contributed by atoms with Crippen molar-refractivity contribution < 1.29 is 9.53 Å². The van der Waals surface area contributed by atoms with Gasteiger partial charge in [0.05, 0.1) is 21.2 Å². The monoisotopic (exact) mass is 281 g/mol. The summed E-state index contributed by atoms with van der Waals surface area (Å²) in [4.78, 5) is 12.2. The van der Waals surface area contributed by atoms with Gasteiger partial charge >= 0.3 is 0 Å². The van der Waals surface area contributed by atoms with E-state index in [-0.39, 0.29) is 11.3 Å². The lowest BCUT2D eigenvalue weighted by Crippen LogP contribution is -2.26. The van der Waals surface area contributed by atoms with Crippen LogP contribution in [0.4, 0.5) is 0 Å². The van der Waals surface area contributed by atoms with Gasteiger partial charge in [0.15, 0.2) is 0 Å². The van der Waals surface area contributed by atoms with Gasteiger partial charge in [-0.2, -0.15) is 0 Å². The SMILES string of the molecule is COCC(Cl)CCNC(=O)c1ccc(Cl)s1. The first-order valence-corrected chi connectivity index (χ1v) is 6.43. The van der Waals surface area contributed by atoms with Crippen LogP contribution in [0.3, 0.4) is 0 Å². The average Bonchev–Trinajstić information content (AvgIpc) is 2.65. The van der Waals surface area contributed by atoms with Gasteiger partial charge < -0.3 is 10.1 Å². The molecule has 1 rings (SSSR count). The van der Waals surface area contributed by atoms with Crippen LogP contribution >= 0.6 is 34.5 Å². The number of halogens is 2. The predicted octanol–water partition coefficient (Wildman–Crippen LogP) is 2.78. The van der Waals surface area contributed by atoms with Crippen molar-refractivity contribution >= 4 is 40.4 Å². The number of ether oxygens (including phenoxy) is 1. The summed E-state index contributed by atoms with van der Waals surface area (Å²) < 4.78 is 5.50. The lowest BCUT2D eigenvalue weighted by molar-refractivity contribution is 0.0956. The van der Waals surface area contributed by atoms with Crippen LogP contribution in [0.25, 0.3) is 0 Å². The Morgan fingerprint density at radius 3 is 2.94 bits per heavy atom. The van der Waals surface area contributed by atoms with Crippen LogP contribution in [0.5, 0.6) is 0 Å².